The zero-order valence-corrected chi connectivity index (χ0v) is 18.2. The number of benzene rings is 2. The normalized spacial score (nSPS) is 13.0. The van der Waals surface area contributed by atoms with E-state index in [0.29, 0.717) is 32.6 Å². The molecule has 1 aliphatic rings. The van der Waals surface area contributed by atoms with E-state index in [1.165, 1.54) is 5.56 Å². The number of fused-ring (bicyclic) bond motifs is 1. The molecule has 162 valence electrons. The summed E-state index contributed by atoms with van der Waals surface area (Å²) in [5.74, 6) is 1.72. The summed E-state index contributed by atoms with van der Waals surface area (Å²) in [6.07, 6.45) is 5.83. The number of amides is 1. The van der Waals surface area contributed by atoms with Gasteiger partial charge in [-0.15, -0.1) is 0 Å². The number of carbonyl (C=O) groups is 1. The van der Waals surface area contributed by atoms with E-state index in [9.17, 15) is 4.79 Å². The number of para-hydroxylation sites is 1. The van der Waals surface area contributed by atoms with Crippen LogP contribution in [0, 0.1) is 0 Å². The maximum Gasteiger partial charge on any atom is 0.223 e. The Morgan fingerprint density at radius 2 is 1.74 bits per heavy atom. The van der Waals surface area contributed by atoms with Gasteiger partial charge < -0.3 is 14.4 Å². The third-order valence-electron chi connectivity index (χ3n) is 5.51. The van der Waals surface area contributed by atoms with Gasteiger partial charge in [0.1, 0.15) is 0 Å². The molecule has 6 nitrogen and oxygen atoms in total. The SMILES string of the molecule is CCOc1cc2c(cc1OCC)CN(C(=O)CCc1cnn(-c3ccccc3)c1)CC2. The van der Waals surface area contributed by atoms with E-state index < -0.39 is 0 Å². The van der Waals surface area contributed by atoms with Crippen LogP contribution in [-0.2, 0) is 24.2 Å². The lowest BCUT2D eigenvalue weighted by molar-refractivity contribution is -0.132. The molecule has 0 bridgehead atoms. The van der Waals surface area contributed by atoms with Gasteiger partial charge in [-0.25, -0.2) is 4.68 Å². The second-order valence-electron chi connectivity index (χ2n) is 7.63. The standard InChI is InChI=1S/C25H29N3O3/c1-3-30-23-14-20-12-13-27(18-21(20)15-24(23)31-4-2)25(29)11-10-19-16-26-28(17-19)22-8-6-5-7-9-22/h5-9,14-17H,3-4,10-13,18H2,1-2H3. The van der Waals surface area contributed by atoms with Gasteiger partial charge in [0.25, 0.3) is 0 Å². The average Bonchev–Trinajstić information content (AvgIpc) is 3.27. The van der Waals surface area contributed by atoms with Gasteiger partial charge in [0.15, 0.2) is 11.5 Å². The first-order valence-electron chi connectivity index (χ1n) is 11.0. The van der Waals surface area contributed by atoms with Crippen molar-refractivity contribution in [1.29, 1.82) is 0 Å². The monoisotopic (exact) mass is 419 g/mol. The molecule has 0 saturated heterocycles. The van der Waals surface area contributed by atoms with Crippen molar-refractivity contribution < 1.29 is 14.3 Å². The van der Waals surface area contributed by atoms with E-state index in [1.54, 1.807) is 0 Å². The number of nitrogens with zero attached hydrogens (tertiary/aromatic N) is 3. The number of rotatable bonds is 8. The van der Waals surface area contributed by atoms with Crippen LogP contribution in [0.15, 0.2) is 54.9 Å². The number of aryl methyl sites for hydroxylation is 1. The van der Waals surface area contributed by atoms with Crippen molar-refractivity contribution in [2.24, 2.45) is 0 Å². The summed E-state index contributed by atoms with van der Waals surface area (Å²) in [5.41, 5.74) is 4.46. The van der Waals surface area contributed by atoms with E-state index >= 15 is 0 Å². The number of hydrogen-bond donors (Lipinski definition) is 0. The molecule has 0 saturated carbocycles. The molecule has 0 spiro atoms. The molecule has 1 aromatic heterocycles. The van der Waals surface area contributed by atoms with Crippen LogP contribution in [0.1, 0.15) is 37.0 Å². The molecular formula is C25H29N3O3. The first-order valence-corrected chi connectivity index (χ1v) is 11.0. The molecule has 0 atom stereocenters. The topological polar surface area (TPSA) is 56.6 Å². The third-order valence-corrected chi connectivity index (χ3v) is 5.51. The number of aromatic nitrogens is 2. The number of carbonyl (C=O) groups excluding carboxylic acids is 1. The summed E-state index contributed by atoms with van der Waals surface area (Å²) in [6.45, 7) is 6.46. The fraction of sp³-hybridized carbons (Fsp3) is 0.360. The Morgan fingerprint density at radius 3 is 2.45 bits per heavy atom. The van der Waals surface area contributed by atoms with Crippen LogP contribution in [0.2, 0.25) is 0 Å². The maximum absolute atomic E-state index is 12.9. The van der Waals surface area contributed by atoms with Gasteiger partial charge >= 0.3 is 0 Å². The second-order valence-corrected chi connectivity index (χ2v) is 7.63. The van der Waals surface area contributed by atoms with E-state index in [0.717, 1.165) is 41.3 Å². The van der Waals surface area contributed by atoms with Gasteiger partial charge in [-0.3, -0.25) is 4.79 Å². The lowest BCUT2D eigenvalue weighted by atomic mass is 9.98. The maximum atomic E-state index is 12.9. The fourth-order valence-electron chi connectivity index (χ4n) is 3.93. The fourth-order valence-corrected chi connectivity index (χ4v) is 3.93. The van der Waals surface area contributed by atoms with Crippen LogP contribution in [0.5, 0.6) is 11.5 Å². The minimum absolute atomic E-state index is 0.171. The van der Waals surface area contributed by atoms with Crippen LogP contribution in [0.25, 0.3) is 5.69 Å². The Hall–Kier alpha value is -3.28. The highest BCUT2D eigenvalue weighted by molar-refractivity contribution is 5.77. The Morgan fingerprint density at radius 1 is 1.03 bits per heavy atom. The molecule has 2 heterocycles. The molecule has 1 amide bonds. The van der Waals surface area contributed by atoms with E-state index in [4.69, 9.17) is 9.47 Å². The smallest absolute Gasteiger partial charge is 0.223 e. The predicted molar refractivity (Wildman–Crippen MR) is 120 cm³/mol. The minimum Gasteiger partial charge on any atom is -0.490 e. The van der Waals surface area contributed by atoms with Gasteiger partial charge in [-0.1, -0.05) is 18.2 Å². The molecule has 0 unspecified atom stereocenters. The lowest BCUT2D eigenvalue weighted by Gasteiger charge is -2.30. The Kier molecular flexibility index (Phi) is 6.55. The van der Waals surface area contributed by atoms with Gasteiger partial charge in [0.2, 0.25) is 5.91 Å². The molecule has 0 N–H and O–H groups in total. The quantitative estimate of drug-likeness (QED) is 0.549. The first-order chi connectivity index (χ1) is 15.2. The van der Waals surface area contributed by atoms with E-state index in [2.05, 4.69) is 11.2 Å². The van der Waals surface area contributed by atoms with Crippen molar-refractivity contribution in [3.8, 4) is 17.2 Å². The average molecular weight is 420 g/mol. The molecule has 4 rings (SSSR count). The number of hydrogen-bond acceptors (Lipinski definition) is 4. The van der Waals surface area contributed by atoms with Gasteiger partial charge in [0, 0.05) is 25.7 Å². The summed E-state index contributed by atoms with van der Waals surface area (Å²) < 4.78 is 13.3. The highest BCUT2D eigenvalue weighted by Gasteiger charge is 2.23. The van der Waals surface area contributed by atoms with E-state index in [1.807, 2.05) is 72.2 Å². The van der Waals surface area contributed by atoms with Gasteiger partial charge in [-0.05, 0) is 67.6 Å². The third kappa shape index (κ3) is 4.90. The lowest BCUT2D eigenvalue weighted by Crippen LogP contribution is -2.36. The van der Waals surface area contributed by atoms with Crippen molar-refractivity contribution >= 4 is 5.91 Å². The molecule has 1 aliphatic heterocycles. The van der Waals surface area contributed by atoms with Gasteiger partial charge in [-0.2, -0.15) is 5.10 Å². The number of ether oxygens (including phenoxy) is 2. The van der Waals surface area contributed by atoms with Crippen LogP contribution >= 0.6 is 0 Å². The predicted octanol–water partition coefficient (Wildman–Crippen LogP) is 4.19. The van der Waals surface area contributed by atoms with Crippen LogP contribution in [-0.4, -0.2) is 40.3 Å². The zero-order valence-electron chi connectivity index (χ0n) is 18.2. The zero-order chi connectivity index (χ0) is 21.6. The van der Waals surface area contributed by atoms with Crippen molar-refractivity contribution in [1.82, 2.24) is 14.7 Å². The highest BCUT2D eigenvalue weighted by Crippen LogP contribution is 2.34. The molecule has 0 aliphatic carbocycles. The molecule has 0 fully saturated rings. The molecule has 31 heavy (non-hydrogen) atoms. The van der Waals surface area contributed by atoms with Crippen molar-refractivity contribution in [3.05, 3.63) is 71.5 Å². The first kappa shape index (κ1) is 21.0. The van der Waals surface area contributed by atoms with E-state index in [-0.39, 0.29) is 5.91 Å². The molecule has 6 heteroatoms. The molecule has 0 radical (unpaired) electrons. The summed E-state index contributed by atoms with van der Waals surface area (Å²) in [5, 5.41) is 4.42. The van der Waals surface area contributed by atoms with Crippen molar-refractivity contribution in [3.63, 3.8) is 0 Å². The summed E-state index contributed by atoms with van der Waals surface area (Å²) in [7, 11) is 0. The summed E-state index contributed by atoms with van der Waals surface area (Å²) in [6, 6.07) is 14.1. The summed E-state index contributed by atoms with van der Waals surface area (Å²) in [4.78, 5) is 14.8. The highest BCUT2D eigenvalue weighted by atomic mass is 16.5. The molecule has 2 aromatic carbocycles. The molecular weight excluding hydrogens is 390 g/mol. The van der Waals surface area contributed by atoms with Crippen LogP contribution in [0.4, 0.5) is 0 Å². The Balaban J connectivity index is 1.39. The van der Waals surface area contributed by atoms with Crippen LogP contribution < -0.4 is 9.47 Å². The molecule has 3 aromatic rings. The van der Waals surface area contributed by atoms with Crippen molar-refractivity contribution in [2.75, 3.05) is 19.8 Å². The Labute approximate surface area is 183 Å². The summed E-state index contributed by atoms with van der Waals surface area (Å²) >= 11 is 0. The minimum atomic E-state index is 0.171. The van der Waals surface area contributed by atoms with Crippen LogP contribution in [0.3, 0.4) is 0 Å². The van der Waals surface area contributed by atoms with Gasteiger partial charge in [0.05, 0.1) is 25.1 Å². The largest absolute Gasteiger partial charge is 0.490 e. The second kappa shape index (κ2) is 9.69. The van der Waals surface area contributed by atoms with Crippen molar-refractivity contribution in [2.45, 2.75) is 39.7 Å². The Bertz CT molecular complexity index is 1030.